The first-order chi connectivity index (χ1) is 20.6. The van der Waals surface area contributed by atoms with E-state index in [2.05, 4.69) is 26.3 Å². The fourth-order valence-corrected chi connectivity index (χ4v) is 4.35. The molecule has 236 valence electrons. The summed E-state index contributed by atoms with van der Waals surface area (Å²) in [7, 11) is 0. The molecule has 13 nitrogen and oxygen atoms in total. The van der Waals surface area contributed by atoms with Gasteiger partial charge in [-0.1, -0.05) is 36.4 Å². The lowest BCUT2D eigenvalue weighted by Crippen LogP contribution is -2.59. The molecule has 0 aliphatic heterocycles. The van der Waals surface area contributed by atoms with E-state index in [1.165, 1.54) is 13.8 Å². The quantitative estimate of drug-likeness (QED) is 0.0955. The van der Waals surface area contributed by atoms with Crippen LogP contribution in [0.1, 0.15) is 44.2 Å². The van der Waals surface area contributed by atoms with Crippen molar-refractivity contribution in [3.63, 3.8) is 0 Å². The molecular weight excluding hydrogens is 554 g/mol. The average molecular weight is 600 g/mol. The molecule has 5 atom stereocenters. The lowest BCUT2D eigenvalue weighted by molar-refractivity contribution is -0.130. The molecule has 2 aromatic rings. The molecule has 4 amide bonds. The Balaban J connectivity index is 2.12. The highest BCUT2D eigenvalue weighted by Crippen LogP contribution is 2.06. The molecule has 0 spiro atoms. The minimum absolute atomic E-state index is 0.0251. The zero-order valence-corrected chi connectivity index (χ0v) is 24.8. The molecule has 0 bridgehead atoms. The molecule has 9 N–H and O–H groups in total. The van der Waals surface area contributed by atoms with Crippen LogP contribution in [0.2, 0.25) is 0 Å². The molecule has 1 heterocycles. The zero-order chi connectivity index (χ0) is 31.6. The second-order valence-corrected chi connectivity index (χ2v) is 10.4. The van der Waals surface area contributed by atoms with E-state index in [4.69, 9.17) is 16.2 Å². The molecular formula is C30H45N7O6. The van der Waals surface area contributed by atoms with Crippen molar-refractivity contribution in [2.75, 3.05) is 19.7 Å². The minimum Gasteiger partial charge on any atom is -0.391 e. The molecule has 43 heavy (non-hydrogen) atoms. The Kier molecular flexibility index (Phi) is 15.8. The molecule has 13 heteroatoms. The number of nitrogens with two attached hydrogens (primary N) is 2. The Morgan fingerprint density at radius 1 is 0.953 bits per heavy atom. The van der Waals surface area contributed by atoms with Crippen LogP contribution in [0.4, 0.5) is 0 Å². The number of primary amides is 1. The number of nitrogens with zero attached hydrogens (tertiary/aromatic N) is 1. The third kappa shape index (κ3) is 13.7. The SMILES string of the molecule is CC(=O)N[C@H](CCCCN)C(=O)N[C@@H](CN[C@H](C(=O)N[C@H](Cc1ccccc1)C(N)=O)[C@H](C)O)COCc1cccnc1. The van der Waals surface area contributed by atoms with Gasteiger partial charge in [0.1, 0.15) is 18.1 Å². The number of amides is 4. The molecule has 0 radical (unpaired) electrons. The molecule has 0 fully saturated rings. The number of aliphatic hydroxyl groups is 1. The lowest BCUT2D eigenvalue weighted by Gasteiger charge is -2.27. The normalized spacial score (nSPS) is 14.5. The molecule has 0 saturated carbocycles. The monoisotopic (exact) mass is 599 g/mol. The maximum atomic E-state index is 13.2. The van der Waals surface area contributed by atoms with Crippen molar-refractivity contribution in [1.82, 2.24) is 26.3 Å². The molecule has 0 aliphatic carbocycles. The first-order valence-corrected chi connectivity index (χ1v) is 14.4. The lowest BCUT2D eigenvalue weighted by atomic mass is 10.0. The maximum Gasteiger partial charge on any atom is 0.242 e. The van der Waals surface area contributed by atoms with Crippen molar-refractivity contribution in [3.05, 3.63) is 66.0 Å². The fraction of sp³-hybridized carbons (Fsp3) is 0.500. The van der Waals surface area contributed by atoms with E-state index in [1.54, 1.807) is 18.5 Å². The zero-order valence-electron chi connectivity index (χ0n) is 24.8. The summed E-state index contributed by atoms with van der Waals surface area (Å²) in [6.07, 6.45) is 4.08. The maximum absolute atomic E-state index is 13.2. The highest BCUT2D eigenvalue weighted by atomic mass is 16.5. The number of hydrogen-bond donors (Lipinski definition) is 7. The van der Waals surface area contributed by atoms with Crippen LogP contribution in [0.25, 0.3) is 0 Å². The molecule has 0 saturated heterocycles. The van der Waals surface area contributed by atoms with Crippen LogP contribution in [0, 0.1) is 0 Å². The van der Waals surface area contributed by atoms with Crippen molar-refractivity contribution in [2.24, 2.45) is 11.5 Å². The van der Waals surface area contributed by atoms with E-state index < -0.39 is 48.0 Å². The summed E-state index contributed by atoms with van der Waals surface area (Å²) in [5.74, 6) is -2.11. The van der Waals surface area contributed by atoms with Gasteiger partial charge in [-0.15, -0.1) is 0 Å². The molecule has 0 unspecified atom stereocenters. The van der Waals surface area contributed by atoms with Gasteiger partial charge in [-0.25, -0.2) is 0 Å². The standard InChI is InChI=1S/C30H45N7O6/c1-20(38)27(30(42)37-26(28(32)40)15-22-9-4-3-5-10-22)34-17-24(19-43-18-23-11-8-14-33-16-23)36-29(41)25(35-21(2)39)12-6-7-13-31/h3-5,8-11,14,16,20,24-27,34,38H,6-7,12-13,15,17-19,31H2,1-2H3,(H2,32,40)(H,35,39)(H,36,41)(H,37,42)/t20-,24-,25+,26+,27-/m0/s1. The van der Waals surface area contributed by atoms with Gasteiger partial charge in [0.05, 0.1) is 25.4 Å². The number of benzene rings is 1. The van der Waals surface area contributed by atoms with E-state index in [0.29, 0.717) is 25.8 Å². The van der Waals surface area contributed by atoms with Crippen LogP contribution in [0.15, 0.2) is 54.9 Å². The summed E-state index contributed by atoms with van der Waals surface area (Å²) in [6.45, 7) is 3.54. The molecule has 2 rings (SSSR count). The van der Waals surface area contributed by atoms with E-state index >= 15 is 0 Å². The Bertz CT molecular complexity index is 1140. The van der Waals surface area contributed by atoms with E-state index in [9.17, 15) is 24.3 Å². The second kappa shape index (κ2) is 19.3. The summed E-state index contributed by atoms with van der Waals surface area (Å²) in [6, 6.07) is 9.16. The van der Waals surface area contributed by atoms with Gasteiger partial charge < -0.3 is 42.6 Å². The van der Waals surface area contributed by atoms with Gasteiger partial charge in [0.25, 0.3) is 0 Å². The number of unbranched alkanes of at least 4 members (excludes halogenated alkanes) is 1. The van der Waals surface area contributed by atoms with Gasteiger partial charge in [0.15, 0.2) is 0 Å². The van der Waals surface area contributed by atoms with Gasteiger partial charge in [-0.05, 0) is 49.9 Å². The minimum atomic E-state index is -1.15. The van der Waals surface area contributed by atoms with Gasteiger partial charge in [-0.3, -0.25) is 24.2 Å². The van der Waals surface area contributed by atoms with Gasteiger partial charge in [0, 0.05) is 32.3 Å². The van der Waals surface area contributed by atoms with Gasteiger partial charge in [0.2, 0.25) is 23.6 Å². The van der Waals surface area contributed by atoms with Crippen molar-refractivity contribution < 1.29 is 29.0 Å². The van der Waals surface area contributed by atoms with E-state index in [0.717, 1.165) is 11.1 Å². The van der Waals surface area contributed by atoms with Crippen LogP contribution in [-0.2, 0) is 36.9 Å². The Labute approximate surface area is 252 Å². The number of rotatable bonds is 20. The van der Waals surface area contributed by atoms with E-state index in [1.807, 2.05) is 36.4 Å². The summed E-state index contributed by atoms with van der Waals surface area (Å²) in [5.41, 5.74) is 12.8. The number of aromatic nitrogens is 1. The van der Waals surface area contributed by atoms with Gasteiger partial charge in [-0.2, -0.15) is 0 Å². The summed E-state index contributed by atoms with van der Waals surface area (Å²) in [5, 5.41) is 21.6. The Morgan fingerprint density at radius 2 is 1.67 bits per heavy atom. The van der Waals surface area contributed by atoms with Gasteiger partial charge >= 0.3 is 0 Å². The number of ether oxygens (including phenoxy) is 1. The highest BCUT2D eigenvalue weighted by molar-refractivity contribution is 5.89. The van der Waals surface area contributed by atoms with Crippen molar-refractivity contribution in [2.45, 2.75) is 76.4 Å². The fourth-order valence-electron chi connectivity index (χ4n) is 4.35. The molecule has 0 aliphatic rings. The van der Waals surface area contributed by atoms with Crippen molar-refractivity contribution in [1.29, 1.82) is 0 Å². The third-order valence-electron chi connectivity index (χ3n) is 6.59. The van der Waals surface area contributed by atoms with Crippen LogP contribution in [-0.4, -0.2) is 83.7 Å². The number of pyridine rings is 1. The third-order valence-corrected chi connectivity index (χ3v) is 6.59. The topological polar surface area (TPSA) is 211 Å². The van der Waals surface area contributed by atoms with E-state index in [-0.39, 0.29) is 32.1 Å². The average Bonchev–Trinajstić information content (AvgIpc) is 2.97. The number of carbonyl (C=O) groups is 4. The van der Waals surface area contributed by atoms with Crippen molar-refractivity contribution in [3.8, 4) is 0 Å². The summed E-state index contributed by atoms with van der Waals surface area (Å²) in [4.78, 5) is 54.3. The van der Waals surface area contributed by atoms with Crippen LogP contribution in [0.5, 0.6) is 0 Å². The number of nitrogens with one attached hydrogen (secondary N) is 4. The smallest absolute Gasteiger partial charge is 0.242 e. The number of hydrogen-bond acceptors (Lipinski definition) is 9. The highest BCUT2D eigenvalue weighted by Gasteiger charge is 2.29. The number of aliphatic hydroxyl groups excluding tert-OH is 1. The van der Waals surface area contributed by atoms with Crippen LogP contribution in [0.3, 0.4) is 0 Å². The second-order valence-electron chi connectivity index (χ2n) is 10.4. The largest absolute Gasteiger partial charge is 0.391 e. The Morgan fingerprint density at radius 3 is 2.28 bits per heavy atom. The van der Waals surface area contributed by atoms with Crippen molar-refractivity contribution >= 4 is 23.6 Å². The first kappa shape index (κ1) is 35.3. The summed E-state index contributed by atoms with van der Waals surface area (Å²) < 4.78 is 5.83. The first-order valence-electron chi connectivity index (χ1n) is 14.4. The van der Waals surface area contributed by atoms with Crippen LogP contribution >= 0.6 is 0 Å². The summed E-state index contributed by atoms with van der Waals surface area (Å²) >= 11 is 0. The molecule has 1 aromatic heterocycles. The van der Waals surface area contributed by atoms with Crippen LogP contribution < -0.4 is 32.7 Å². The Hall–Kier alpha value is -3.91. The number of carbonyl (C=O) groups excluding carboxylic acids is 4. The predicted molar refractivity (Wildman–Crippen MR) is 161 cm³/mol. The predicted octanol–water partition coefficient (Wildman–Crippen LogP) is -0.731. The molecule has 1 aromatic carbocycles.